The number of aryl methyl sites for hydroxylation is 3. The van der Waals surface area contributed by atoms with Crippen molar-refractivity contribution in [1.29, 1.82) is 0 Å². The molecule has 8 fully saturated rings. The normalized spacial score (nSPS) is 37.5. The fraction of sp³-hybridized carbons (Fsp3) is 0.611. The van der Waals surface area contributed by atoms with Gasteiger partial charge in [0, 0.05) is 42.0 Å². The van der Waals surface area contributed by atoms with Crippen molar-refractivity contribution in [1.82, 2.24) is 73.1 Å². The first-order chi connectivity index (χ1) is 40.7. The molecule has 16 rings (SSSR count). The predicted octanol–water partition coefficient (Wildman–Crippen LogP) is -2.82. The minimum Gasteiger partial charge on any atom is -0.397 e. The number of fused-ring (bicyclic) bond motifs is 8. The lowest BCUT2D eigenvalue weighted by molar-refractivity contribution is -0.0301. The van der Waals surface area contributed by atoms with Crippen molar-refractivity contribution in [3.8, 4) is 0 Å². The third-order valence-corrected chi connectivity index (χ3v) is 20.5. The van der Waals surface area contributed by atoms with Crippen LogP contribution in [0.3, 0.4) is 0 Å². The summed E-state index contributed by atoms with van der Waals surface area (Å²) in [7, 11) is 3.54. The Morgan fingerprint density at radius 1 is 0.435 bits per heavy atom. The van der Waals surface area contributed by atoms with Crippen molar-refractivity contribution < 1.29 is 61.3 Å². The van der Waals surface area contributed by atoms with Crippen molar-refractivity contribution >= 4 is 67.8 Å². The average Bonchev–Trinajstić information content (AvgIpc) is 1.57. The largest absolute Gasteiger partial charge is 0.397 e. The lowest BCUT2D eigenvalue weighted by Crippen LogP contribution is -2.35. The van der Waals surface area contributed by atoms with Gasteiger partial charge in [0.1, 0.15) is 64.0 Å². The number of nitrogen functional groups attached to an aromatic ring is 2. The first-order valence-corrected chi connectivity index (χ1v) is 28.4. The minimum absolute atomic E-state index is 0.0152. The van der Waals surface area contributed by atoms with Crippen LogP contribution in [-0.4, -0.2) is 224 Å². The van der Waals surface area contributed by atoms with E-state index in [0.29, 0.717) is 111 Å². The highest BCUT2D eigenvalue weighted by atomic mass is 16.4. The van der Waals surface area contributed by atoms with E-state index < -0.39 is 70.5 Å². The smallest absolute Gasteiger partial charge is 0.166 e. The number of hydrogen-bond acceptors (Lipinski definition) is 27. The number of aliphatic hydroxyl groups excluding tert-OH is 12. The van der Waals surface area contributed by atoms with Crippen LogP contribution >= 0.6 is 0 Å². The van der Waals surface area contributed by atoms with Crippen molar-refractivity contribution in [3.63, 3.8) is 0 Å². The van der Waals surface area contributed by atoms with Crippen molar-refractivity contribution in [3.05, 3.63) is 55.0 Å². The molecule has 85 heavy (non-hydrogen) atoms. The molecule has 4 unspecified atom stereocenters. The van der Waals surface area contributed by atoms with Gasteiger partial charge < -0.3 is 102 Å². The molecule has 0 aliphatic heterocycles. The van der Waals surface area contributed by atoms with Crippen LogP contribution in [-0.2, 0) is 0 Å². The Kier molecular flexibility index (Phi) is 13.5. The molecule has 8 aliphatic carbocycles. The quantitative estimate of drug-likeness (QED) is 0.0657. The number of nitrogens with one attached hydrogen (secondary N) is 2. The number of aliphatic hydroxyl groups is 12. The first kappa shape index (κ1) is 57.1. The molecule has 0 spiro atoms. The summed E-state index contributed by atoms with van der Waals surface area (Å²) in [6.45, 7) is 4.86. The summed E-state index contributed by atoms with van der Waals surface area (Å²) in [4.78, 5) is 47.4. The monoisotopic (exact) mass is 1180 g/mol. The third kappa shape index (κ3) is 8.11. The van der Waals surface area contributed by atoms with Crippen LogP contribution in [0.25, 0.3) is 44.7 Å². The number of hydrogen-bond donors (Lipinski definition) is 16. The van der Waals surface area contributed by atoms with Gasteiger partial charge in [0.05, 0.1) is 106 Å². The molecule has 0 aromatic carbocycles. The van der Waals surface area contributed by atoms with E-state index in [9.17, 15) is 61.3 Å². The number of rotatable bonds is 10. The maximum atomic E-state index is 10.4. The molecule has 8 saturated carbocycles. The summed E-state index contributed by atoms with van der Waals surface area (Å²) in [5.41, 5.74) is 14.7. The van der Waals surface area contributed by atoms with Gasteiger partial charge in [-0.2, -0.15) is 0 Å². The summed E-state index contributed by atoms with van der Waals surface area (Å²) in [5.74, 6) is 3.44. The number of anilines is 4. The van der Waals surface area contributed by atoms with E-state index in [1.54, 1.807) is 81.6 Å². The minimum atomic E-state index is -0.954. The summed E-state index contributed by atoms with van der Waals surface area (Å²) in [5, 5.41) is 127. The number of aromatic nitrogens is 15. The molecule has 0 bridgehead atoms. The van der Waals surface area contributed by atoms with E-state index in [0.717, 1.165) is 0 Å². The molecular formula is C54H71N19O12. The van der Waals surface area contributed by atoms with E-state index in [2.05, 4.69) is 65.5 Å². The highest BCUT2D eigenvalue weighted by Crippen LogP contribution is 2.70. The fourth-order valence-corrected chi connectivity index (χ4v) is 15.5. The van der Waals surface area contributed by atoms with Gasteiger partial charge in [-0.05, 0) is 76.2 Å². The lowest BCUT2D eigenvalue weighted by atomic mass is 10.0. The molecular weight excluding hydrogens is 1110 g/mol. The molecule has 8 heterocycles. The van der Waals surface area contributed by atoms with Gasteiger partial charge in [-0.15, -0.1) is 0 Å². The van der Waals surface area contributed by atoms with E-state index in [4.69, 9.17) is 11.5 Å². The zero-order valence-electron chi connectivity index (χ0n) is 47.1. The van der Waals surface area contributed by atoms with Crippen LogP contribution in [0.15, 0.2) is 37.6 Å². The number of imidazole rings is 4. The van der Waals surface area contributed by atoms with Crippen LogP contribution in [0.4, 0.5) is 23.1 Å². The number of nitrogens with two attached hydrogens (primary N) is 2. The van der Waals surface area contributed by atoms with E-state index in [1.165, 1.54) is 0 Å². The highest BCUT2D eigenvalue weighted by Gasteiger charge is 2.74. The van der Waals surface area contributed by atoms with Gasteiger partial charge in [-0.25, -0.2) is 54.8 Å². The molecule has 8 aliphatic rings. The Morgan fingerprint density at radius 3 is 1.07 bits per heavy atom. The van der Waals surface area contributed by atoms with Gasteiger partial charge in [-0.1, -0.05) is 0 Å². The van der Waals surface area contributed by atoms with Crippen LogP contribution in [0.2, 0.25) is 0 Å². The molecule has 0 radical (unpaired) electrons. The molecule has 0 amide bonds. The number of nitrogens with zero attached hydrogens (tertiary/aromatic N) is 15. The van der Waals surface area contributed by atoms with Gasteiger partial charge in [0.2, 0.25) is 0 Å². The summed E-state index contributed by atoms with van der Waals surface area (Å²) in [6, 6.07) is 0.342. The Bertz CT molecular complexity index is 3780. The molecule has 20 atom stereocenters. The Hall–Kier alpha value is -7.01. The highest BCUT2D eigenvalue weighted by molar-refractivity contribution is 5.85. The topological polar surface area (TPSA) is 480 Å². The van der Waals surface area contributed by atoms with Crippen LogP contribution in [0.1, 0.15) is 67.3 Å². The average molecular weight is 1180 g/mol. The van der Waals surface area contributed by atoms with Gasteiger partial charge in [0.25, 0.3) is 0 Å². The van der Waals surface area contributed by atoms with Crippen molar-refractivity contribution in [2.75, 3.05) is 62.6 Å². The first-order valence-electron chi connectivity index (χ1n) is 28.4. The van der Waals surface area contributed by atoms with Crippen molar-refractivity contribution in [2.45, 2.75) is 119 Å². The molecule has 8 aromatic rings. The maximum Gasteiger partial charge on any atom is 0.166 e. The molecule has 31 heteroatoms. The fourth-order valence-electron chi connectivity index (χ4n) is 15.5. The maximum absolute atomic E-state index is 10.4. The predicted molar refractivity (Wildman–Crippen MR) is 300 cm³/mol. The zero-order valence-corrected chi connectivity index (χ0v) is 47.1. The standard InChI is InChI=1S/2C14H19N5O3.C13H17N5O3.C13H16N4O3/c2*1-6-17-12(15-2)8-13(18-6)19(5-16-8)9-7-3-14(7,4-20)11(22)10(9)21;1-5-16-11(14)7-12(17-5)18(4-15-7)8-6-2-13(6,3-19)10(21)9(8)20;14-7-1-2-15-12-8(7)16-5-17(12)9-6-3-13(6,4-18)11(20)10(9)19/h2*5,7,9-11,20-22H,3-4H2,1-2H3,(H,15,17,18);4,6,8-10,19-21H,2-3H2,1H3,(H2,14,16,17);1-2,5-6,9-11,18-20H,3-4H2,(H2,14,15)/t2*7-,9-,10-,11?,14+;6-,8-,9-,10?,13+;6-,9-,10-,11?,13+/m1111/s1. The lowest BCUT2D eigenvalue weighted by Gasteiger charge is -2.23. The second-order valence-electron chi connectivity index (χ2n) is 24.6. The molecule has 18 N–H and O–H groups in total. The second kappa shape index (κ2) is 20.0. The Balaban J connectivity index is 0.000000105. The molecule has 8 aromatic heterocycles. The Morgan fingerprint density at radius 2 is 0.741 bits per heavy atom. The summed E-state index contributed by atoms with van der Waals surface area (Å²) >= 11 is 0. The van der Waals surface area contributed by atoms with Gasteiger partial charge in [0.15, 0.2) is 40.0 Å². The SMILES string of the molecule is CNc1nc(C)nc2c1ncn2[C@@H]1[C@H]2C[C@@]2(CO)C(O)[C@@H]1O.CNc1nc(C)nc2c1ncn2[C@@H]1[C@H]2C[C@@]2(CO)C(O)[C@@H]1O.Cc1nc(N)c2ncn([C@@H]3[C@H]4C[C@@]4(CO)C(O)[C@@H]3O)c2n1.Nc1ccnc2c1ncn2[C@@H]1[C@H]2C[C@@]2(CO)C(O)[C@@H]1O. The Labute approximate surface area is 483 Å². The van der Waals surface area contributed by atoms with Crippen LogP contribution < -0.4 is 22.1 Å². The summed E-state index contributed by atoms with van der Waals surface area (Å²) in [6.07, 6.45) is 3.38. The summed E-state index contributed by atoms with van der Waals surface area (Å²) < 4.78 is 7.15. The van der Waals surface area contributed by atoms with E-state index >= 15 is 0 Å². The second-order valence-corrected chi connectivity index (χ2v) is 24.6. The van der Waals surface area contributed by atoms with E-state index in [-0.39, 0.29) is 74.3 Å². The van der Waals surface area contributed by atoms with E-state index in [1.807, 2.05) is 9.13 Å². The molecule has 31 nitrogen and oxygen atoms in total. The van der Waals surface area contributed by atoms with Crippen LogP contribution in [0, 0.1) is 66.1 Å². The molecule has 0 saturated heterocycles. The van der Waals surface area contributed by atoms with Gasteiger partial charge in [-0.3, -0.25) is 0 Å². The molecule has 454 valence electrons. The zero-order chi connectivity index (χ0) is 60.3. The van der Waals surface area contributed by atoms with Crippen LogP contribution in [0.5, 0.6) is 0 Å². The van der Waals surface area contributed by atoms with Gasteiger partial charge >= 0.3 is 0 Å². The third-order valence-electron chi connectivity index (χ3n) is 20.5. The van der Waals surface area contributed by atoms with Crippen molar-refractivity contribution in [2.24, 2.45) is 45.3 Å². The number of pyridine rings is 1.